The summed E-state index contributed by atoms with van der Waals surface area (Å²) in [4.78, 5) is 0. The maximum atomic E-state index is 5.40. The lowest BCUT2D eigenvalue weighted by Crippen LogP contribution is -2.16. The second kappa shape index (κ2) is 4.14. The van der Waals surface area contributed by atoms with Crippen molar-refractivity contribution >= 4 is 15.9 Å². The fraction of sp³-hybridized carbons (Fsp3) is 0.273. The quantitative estimate of drug-likeness (QED) is 0.927. The Bertz CT molecular complexity index is 439. The third kappa shape index (κ3) is 2.26. The molecular weight excluding hydrogens is 256 g/mol. The number of nitrogens with zero attached hydrogens (tertiary/aromatic N) is 1. The molecule has 0 unspecified atom stereocenters. The Labute approximate surface area is 97.2 Å². The lowest BCUT2D eigenvalue weighted by Gasteiger charge is -2.10. The van der Waals surface area contributed by atoms with Gasteiger partial charge in [0.15, 0.2) is 4.67 Å². The van der Waals surface area contributed by atoms with Gasteiger partial charge in [0.05, 0.1) is 6.54 Å². The van der Waals surface area contributed by atoms with Gasteiger partial charge < -0.3 is 9.84 Å². The van der Waals surface area contributed by atoms with E-state index in [9.17, 15) is 0 Å². The number of aryl methyl sites for hydroxylation is 2. The highest BCUT2D eigenvalue weighted by Gasteiger charge is 2.02. The Morgan fingerprint density at radius 2 is 1.87 bits per heavy atom. The van der Waals surface area contributed by atoms with Crippen LogP contribution in [0, 0.1) is 13.8 Å². The van der Waals surface area contributed by atoms with Crippen LogP contribution in [-0.4, -0.2) is 4.68 Å². The second-order valence-electron chi connectivity index (χ2n) is 3.49. The molecule has 0 saturated heterocycles. The van der Waals surface area contributed by atoms with Gasteiger partial charge in [-0.1, -0.05) is 0 Å². The predicted molar refractivity (Wildman–Crippen MR) is 63.4 cm³/mol. The van der Waals surface area contributed by atoms with Crippen LogP contribution in [0.1, 0.15) is 17.1 Å². The van der Waals surface area contributed by atoms with E-state index in [0.717, 1.165) is 10.4 Å². The maximum Gasteiger partial charge on any atom is 0.169 e. The van der Waals surface area contributed by atoms with Crippen molar-refractivity contribution in [1.82, 2.24) is 4.68 Å². The fourth-order valence-electron chi connectivity index (χ4n) is 1.52. The van der Waals surface area contributed by atoms with Gasteiger partial charge in [0.25, 0.3) is 0 Å². The molecule has 0 fully saturated rings. The molecule has 0 amide bonds. The van der Waals surface area contributed by atoms with E-state index < -0.39 is 0 Å². The summed E-state index contributed by atoms with van der Waals surface area (Å²) in [6.45, 7) is 4.82. The summed E-state index contributed by atoms with van der Waals surface area (Å²) in [5.74, 6) is 0.911. The van der Waals surface area contributed by atoms with Crippen molar-refractivity contribution in [1.29, 1.82) is 0 Å². The van der Waals surface area contributed by atoms with Crippen LogP contribution in [0.3, 0.4) is 0 Å². The molecule has 2 heterocycles. The van der Waals surface area contributed by atoms with Gasteiger partial charge in [0, 0.05) is 11.4 Å². The van der Waals surface area contributed by atoms with E-state index in [1.807, 2.05) is 12.1 Å². The summed E-state index contributed by atoms with van der Waals surface area (Å²) >= 11 is 3.28. The third-order valence-electron chi connectivity index (χ3n) is 2.31. The van der Waals surface area contributed by atoms with Crippen molar-refractivity contribution in [3.8, 4) is 0 Å². The number of rotatable bonds is 3. The molecule has 2 aromatic heterocycles. The molecule has 0 aliphatic heterocycles. The highest BCUT2D eigenvalue weighted by Crippen LogP contribution is 2.14. The first-order chi connectivity index (χ1) is 7.16. The van der Waals surface area contributed by atoms with Crippen molar-refractivity contribution < 1.29 is 4.42 Å². The number of hydrogen-bond donors (Lipinski definition) is 1. The molecule has 0 atom stereocenters. The van der Waals surface area contributed by atoms with E-state index in [4.69, 9.17) is 4.42 Å². The summed E-state index contributed by atoms with van der Waals surface area (Å²) < 4.78 is 8.22. The zero-order chi connectivity index (χ0) is 10.8. The first-order valence-electron chi connectivity index (χ1n) is 4.80. The lowest BCUT2D eigenvalue weighted by atomic mass is 10.4. The third-order valence-corrected chi connectivity index (χ3v) is 2.74. The molecule has 2 rings (SSSR count). The molecule has 2 aromatic rings. The number of hydrogen-bond acceptors (Lipinski definition) is 2. The molecular formula is C11H13BrN2O. The predicted octanol–water partition coefficient (Wildman–Crippen LogP) is 3.20. The van der Waals surface area contributed by atoms with Crippen LogP contribution in [0.5, 0.6) is 0 Å². The molecule has 3 nitrogen and oxygen atoms in total. The van der Waals surface area contributed by atoms with Gasteiger partial charge in [-0.15, -0.1) is 0 Å². The van der Waals surface area contributed by atoms with Gasteiger partial charge in [0.2, 0.25) is 0 Å². The van der Waals surface area contributed by atoms with E-state index in [1.54, 1.807) is 0 Å². The largest absolute Gasteiger partial charge is 0.452 e. The number of aromatic nitrogens is 1. The molecule has 0 spiro atoms. The van der Waals surface area contributed by atoms with Gasteiger partial charge in [-0.25, -0.2) is 0 Å². The van der Waals surface area contributed by atoms with Crippen molar-refractivity contribution in [3.05, 3.63) is 46.1 Å². The van der Waals surface area contributed by atoms with E-state index in [-0.39, 0.29) is 0 Å². The summed E-state index contributed by atoms with van der Waals surface area (Å²) in [6, 6.07) is 8.01. The van der Waals surface area contributed by atoms with E-state index in [2.05, 4.69) is 52.0 Å². The van der Waals surface area contributed by atoms with Crippen molar-refractivity contribution in [2.24, 2.45) is 0 Å². The van der Waals surface area contributed by atoms with Gasteiger partial charge in [-0.05, 0) is 54.0 Å². The standard InChI is InChI=1S/C11H13BrN2O/c1-8-3-4-9(2)14(8)13-7-10-5-6-11(12)15-10/h3-6,13H,7H2,1-2H3. The molecule has 0 aromatic carbocycles. The van der Waals surface area contributed by atoms with Crippen molar-refractivity contribution in [2.45, 2.75) is 20.4 Å². The monoisotopic (exact) mass is 268 g/mol. The summed E-state index contributed by atoms with van der Waals surface area (Å²) in [6.07, 6.45) is 0. The Hall–Kier alpha value is -1.16. The maximum absolute atomic E-state index is 5.40. The van der Waals surface area contributed by atoms with E-state index >= 15 is 0 Å². The highest BCUT2D eigenvalue weighted by atomic mass is 79.9. The van der Waals surface area contributed by atoms with Crippen LogP contribution in [0.25, 0.3) is 0 Å². The average molecular weight is 269 g/mol. The molecule has 0 saturated carbocycles. The Balaban J connectivity index is 2.05. The number of furan rings is 1. The Morgan fingerprint density at radius 1 is 1.20 bits per heavy atom. The van der Waals surface area contributed by atoms with Crippen LogP contribution >= 0.6 is 15.9 Å². The smallest absolute Gasteiger partial charge is 0.169 e. The summed E-state index contributed by atoms with van der Waals surface area (Å²) in [7, 11) is 0. The molecule has 0 radical (unpaired) electrons. The van der Waals surface area contributed by atoms with Crippen LogP contribution in [0.2, 0.25) is 0 Å². The Morgan fingerprint density at radius 3 is 2.40 bits per heavy atom. The van der Waals surface area contributed by atoms with Crippen molar-refractivity contribution in [2.75, 3.05) is 5.43 Å². The topological polar surface area (TPSA) is 30.1 Å². The Kier molecular flexibility index (Phi) is 2.86. The fourth-order valence-corrected chi connectivity index (χ4v) is 1.86. The van der Waals surface area contributed by atoms with Crippen LogP contribution in [-0.2, 0) is 6.54 Å². The first-order valence-corrected chi connectivity index (χ1v) is 5.59. The molecule has 80 valence electrons. The van der Waals surface area contributed by atoms with Gasteiger partial charge in [-0.2, -0.15) is 0 Å². The number of nitrogens with one attached hydrogen (secondary N) is 1. The summed E-state index contributed by atoms with van der Waals surface area (Å²) in [5, 5.41) is 0. The molecule has 0 aliphatic carbocycles. The summed E-state index contributed by atoms with van der Waals surface area (Å²) in [5.41, 5.74) is 5.68. The van der Waals surface area contributed by atoms with Crippen molar-refractivity contribution in [3.63, 3.8) is 0 Å². The minimum absolute atomic E-state index is 0.682. The second-order valence-corrected chi connectivity index (χ2v) is 4.27. The molecule has 0 aliphatic rings. The normalized spacial score (nSPS) is 10.6. The SMILES string of the molecule is Cc1ccc(C)n1NCc1ccc(Br)o1. The average Bonchev–Trinajstić information content (AvgIpc) is 2.73. The molecule has 15 heavy (non-hydrogen) atoms. The zero-order valence-corrected chi connectivity index (χ0v) is 10.3. The van der Waals surface area contributed by atoms with E-state index in [0.29, 0.717) is 6.54 Å². The van der Waals surface area contributed by atoms with Gasteiger partial charge in [0.1, 0.15) is 5.76 Å². The van der Waals surface area contributed by atoms with E-state index in [1.165, 1.54) is 11.4 Å². The van der Waals surface area contributed by atoms with Gasteiger partial charge in [-0.3, -0.25) is 4.68 Å². The highest BCUT2D eigenvalue weighted by molar-refractivity contribution is 9.10. The molecule has 0 bridgehead atoms. The van der Waals surface area contributed by atoms with Gasteiger partial charge >= 0.3 is 0 Å². The van der Waals surface area contributed by atoms with Crippen LogP contribution in [0.15, 0.2) is 33.4 Å². The minimum atomic E-state index is 0.682. The first kappa shape index (κ1) is 10.4. The molecule has 4 heteroatoms. The minimum Gasteiger partial charge on any atom is -0.452 e. The zero-order valence-electron chi connectivity index (χ0n) is 8.75. The van der Waals surface area contributed by atoms with Crippen LogP contribution < -0.4 is 5.43 Å². The number of halogens is 1. The molecule has 1 N–H and O–H groups in total. The van der Waals surface area contributed by atoms with Crippen LogP contribution in [0.4, 0.5) is 0 Å². The lowest BCUT2D eigenvalue weighted by molar-refractivity contribution is 0.488.